The van der Waals surface area contributed by atoms with E-state index in [2.05, 4.69) is 26.6 Å². The molecule has 2 heterocycles. The topological polar surface area (TPSA) is 66.5 Å². The van der Waals surface area contributed by atoms with Crippen molar-refractivity contribution in [3.63, 3.8) is 0 Å². The SMILES string of the molecule is O=C(NC1CCCc2cccnc21)OCCCN1CCNCC1. The first-order chi connectivity index (χ1) is 11.3. The quantitative estimate of drug-likeness (QED) is 0.805. The van der Waals surface area contributed by atoms with Gasteiger partial charge in [-0.3, -0.25) is 4.98 Å². The Hall–Kier alpha value is -1.66. The number of pyridine rings is 1. The number of amides is 1. The number of ether oxygens (including phenoxy) is 1. The third-order valence-corrected chi connectivity index (χ3v) is 4.55. The highest BCUT2D eigenvalue weighted by Gasteiger charge is 2.23. The lowest BCUT2D eigenvalue weighted by Gasteiger charge is -2.27. The van der Waals surface area contributed by atoms with Crippen molar-refractivity contribution in [2.24, 2.45) is 0 Å². The van der Waals surface area contributed by atoms with Crippen LogP contribution in [0.5, 0.6) is 0 Å². The molecule has 1 atom stereocenters. The van der Waals surface area contributed by atoms with Gasteiger partial charge in [0.2, 0.25) is 0 Å². The molecule has 6 nitrogen and oxygen atoms in total. The largest absolute Gasteiger partial charge is 0.449 e. The van der Waals surface area contributed by atoms with Crippen LogP contribution in [-0.2, 0) is 11.2 Å². The highest BCUT2D eigenvalue weighted by Crippen LogP contribution is 2.27. The Labute approximate surface area is 137 Å². The Bertz CT molecular complexity index is 517. The van der Waals surface area contributed by atoms with E-state index >= 15 is 0 Å². The Morgan fingerprint density at radius 1 is 1.43 bits per heavy atom. The standard InChI is InChI=1S/C17H26N4O2/c22-17(23-13-3-10-21-11-8-18-9-12-21)20-15-6-1-4-14-5-2-7-19-16(14)15/h2,5,7,15,18H,1,3-4,6,8-13H2,(H,20,22). The normalized spacial score (nSPS) is 21.5. The van der Waals surface area contributed by atoms with Crippen molar-refractivity contribution in [2.75, 3.05) is 39.3 Å². The van der Waals surface area contributed by atoms with E-state index in [1.165, 1.54) is 5.56 Å². The maximum atomic E-state index is 12.0. The number of carbonyl (C=O) groups is 1. The molecule has 1 aromatic heterocycles. The smallest absolute Gasteiger partial charge is 0.407 e. The van der Waals surface area contributed by atoms with Crippen LogP contribution >= 0.6 is 0 Å². The van der Waals surface area contributed by atoms with Crippen LogP contribution in [0, 0.1) is 0 Å². The number of hydrogen-bond donors (Lipinski definition) is 2. The number of fused-ring (bicyclic) bond motifs is 1. The molecule has 3 rings (SSSR count). The summed E-state index contributed by atoms with van der Waals surface area (Å²) in [7, 11) is 0. The summed E-state index contributed by atoms with van der Waals surface area (Å²) in [5.41, 5.74) is 2.24. The van der Waals surface area contributed by atoms with Gasteiger partial charge < -0.3 is 20.3 Å². The van der Waals surface area contributed by atoms with Gasteiger partial charge in [-0.2, -0.15) is 0 Å². The van der Waals surface area contributed by atoms with Crippen molar-refractivity contribution in [3.8, 4) is 0 Å². The average molecular weight is 318 g/mol. The Morgan fingerprint density at radius 3 is 3.17 bits per heavy atom. The van der Waals surface area contributed by atoms with Gasteiger partial charge in [0.25, 0.3) is 0 Å². The van der Waals surface area contributed by atoms with Crippen LogP contribution in [-0.4, -0.2) is 55.3 Å². The van der Waals surface area contributed by atoms with Crippen LogP contribution < -0.4 is 10.6 Å². The van der Waals surface area contributed by atoms with Crippen molar-refractivity contribution in [1.29, 1.82) is 0 Å². The van der Waals surface area contributed by atoms with Crippen molar-refractivity contribution < 1.29 is 9.53 Å². The van der Waals surface area contributed by atoms with E-state index in [0.29, 0.717) is 6.61 Å². The first kappa shape index (κ1) is 16.2. The van der Waals surface area contributed by atoms with Crippen LogP contribution in [0.3, 0.4) is 0 Å². The van der Waals surface area contributed by atoms with Crippen molar-refractivity contribution in [3.05, 3.63) is 29.6 Å². The molecule has 1 saturated heterocycles. The highest BCUT2D eigenvalue weighted by molar-refractivity contribution is 5.67. The molecule has 0 spiro atoms. The Kier molecular flexibility index (Phi) is 5.82. The molecule has 0 bridgehead atoms. The van der Waals surface area contributed by atoms with Crippen LogP contribution in [0.2, 0.25) is 0 Å². The van der Waals surface area contributed by atoms with Gasteiger partial charge in [-0.05, 0) is 37.3 Å². The summed E-state index contributed by atoms with van der Waals surface area (Å²) in [5, 5.41) is 6.30. The Balaban J connectivity index is 1.38. The fourth-order valence-corrected chi connectivity index (χ4v) is 3.32. The molecule has 1 aromatic rings. The van der Waals surface area contributed by atoms with Crippen molar-refractivity contribution in [1.82, 2.24) is 20.5 Å². The van der Waals surface area contributed by atoms with E-state index < -0.39 is 0 Å². The lowest BCUT2D eigenvalue weighted by atomic mass is 9.92. The maximum absolute atomic E-state index is 12.0. The number of hydrogen-bond acceptors (Lipinski definition) is 5. The van der Waals surface area contributed by atoms with Gasteiger partial charge >= 0.3 is 6.09 Å². The highest BCUT2D eigenvalue weighted by atomic mass is 16.5. The molecule has 1 unspecified atom stereocenters. The lowest BCUT2D eigenvalue weighted by Crippen LogP contribution is -2.44. The molecule has 2 N–H and O–H groups in total. The summed E-state index contributed by atoms with van der Waals surface area (Å²) in [5.74, 6) is 0. The van der Waals surface area contributed by atoms with Gasteiger partial charge in [0, 0.05) is 38.9 Å². The summed E-state index contributed by atoms with van der Waals surface area (Å²) in [6, 6.07) is 4.03. The third kappa shape index (κ3) is 4.65. The second-order valence-corrected chi connectivity index (χ2v) is 6.22. The van der Waals surface area contributed by atoms with E-state index in [4.69, 9.17) is 4.74 Å². The molecular weight excluding hydrogens is 292 g/mol. The molecule has 0 saturated carbocycles. The van der Waals surface area contributed by atoms with Gasteiger partial charge in [-0.1, -0.05) is 6.07 Å². The molecule has 23 heavy (non-hydrogen) atoms. The average Bonchev–Trinajstić information content (AvgIpc) is 2.60. The molecule has 0 radical (unpaired) electrons. The zero-order chi connectivity index (χ0) is 15.9. The van der Waals surface area contributed by atoms with E-state index in [0.717, 1.165) is 64.1 Å². The molecule has 1 aliphatic heterocycles. The predicted octanol–water partition coefficient (Wildman–Crippen LogP) is 1.48. The van der Waals surface area contributed by atoms with Crippen molar-refractivity contribution in [2.45, 2.75) is 31.7 Å². The minimum Gasteiger partial charge on any atom is -0.449 e. The second-order valence-electron chi connectivity index (χ2n) is 6.22. The molecule has 1 aliphatic carbocycles. The van der Waals surface area contributed by atoms with E-state index in [-0.39, 0.29) is 12.1 Å². The van der Waals surface area contributed by atoms with Crippen LogP contribution in [0.15, 0.2) is 18.3 Å². The van der Waals surface area contributed by atoms with Gasteiger partial charge in [-0.25, -0.2) is 4.79 Å². The number of carbonyl (C=O) groups excluding carboxylic acids is 1. The number of nitrogens with zero attached hydrogens (tertiary/aromatic N) is 2. The summed E-state index contributed by atoms with van der Waals surface area (Å²) in [6.07, 6.45) is 5.40. The van der Waals surface area contributed by atoms with Crippen LogP contribution in [0.1, 0.15) is 36.6 Å². The van der Waals surface area contributed by atoms with Crippen molar-refractivity contribution >= 4 is 6.09 Å². The molecule has 1 amide bonds. The Morgan fingerprint density at radius 2 is 2.30 bits per heavy atom. The lowest BCUT2D eigenvalue weighted by molar-refractivity contribution is 0.131. The van der Waals surface area contributed by atoms with Gasteiger partial charge in [0.05, 0.1) is 18.3 Å². The molecule has 0 aromatic carbocycles. The number of aromatic nitrogens is 1. The summed E-state index contributed by atoms with van der Waals surface area (Å²) in [6.45, 7) is 5.72. The molecular formula is C17H26N4O2. The number of alkyl carbamates (subject to hydrolysis) is 1. The minimum absolute atomic E-state index is 0.0133. The zero-order valence-electron chi connectivity index (χ0n) is 13.6. The molecule has 6 heteroatoms. The van der Waals surface area contributed by atoms with Gasteiger partial charge in [0.15, 0.2) is 0 Å². The zero-order valence-corrected chi connectivity index (χ0v) is 13.6. The van der Waals surface area contributed by atoms with E-state index in [9.17, 15) is 4.79 Å². The minimum atomic E-state index is -0.325. The van der Waals surface area contributed by atoms with Gasteiger partial charge in [0.1, 0.15) is 0 Å². The summed E-state index contributed by atoms with van der Waals surface area (Å²) >= 11 is 0. The molecule has 126 valence electrons. The number of rotatable bonds is 5. The predicted molar refractivity (Wildman–Crippen MR) is 88.3 cm³/mol. The fourth-order valence-electron chi connectivity index (χ4n) is 3.32. The van der Waals surface area contributed by atoms with Crippen LogP contribution in [0.25, 0.3) is 0 Å². The fraction of sp³-hybridized carbons (Fsp3) is 0.647. The maximum Gasteiger partial charge on any atom is 0.407 e. The molecule has 2 aliphatic rings. The first-order valence-electron chi connectivity index (χ1n) is 8.63. The van der Waals surface area contributed by atoms with E-state index in [1.54, 1.807) is 6.20 Å². The molecule has 1 fully saturated rings. The second kappa shape index (κ2) is 8.26. The van der Waals surface area contributed by atoms with E-state index in [1.807, 2.05) is 6.07 Å². The van der Waals surface area contributed by atoms with Gasteiger partial charge in [-0.15, -0.1) is 0 Å². The number of nitrogens with one attached hydrogen (secondary N) is 2. The summed E-state index contributed by atoms with van der Waals surface area (Å²) < 4.78 is 5.33. The first-order valence-corrected chi connectivity index (χ1v) is 8.63. The van der Waals surface area contributed by atoms with Crippen LogP contribution in [0.4, 0.5) is 4.79 Å². The number of aryl methyl sites for hydroxylation is 1. The monoisotopic (exact) mass is 318 g/mol. The number of piperazine rings is 1. The summed E-state index contributed by atoms with van der Waals surface area (Å²) in [4.78, 5) is 18.8. The third-order valence-electron chi connectivity index (χ3n) is 4.55.